The van der Waals surface area contributed by atoms with Crippen LogP contribution in [-0.4, -0.2) is 27.8 Å². The van der Waals surface area contributed by atoms with Gasteiger partial charge in [-0.2, -0.15) is 4.73 Å². The Morgan fingerprint density at radius 1 is 0.933 bits per heavy atom. The molecule has 4 aromatic heterocycles. The third-order valence-corrected chi connectivity index (χ3v) is 8.76. The maximum atomic E-state index is 13.6. The predicted octanol–water partition coefficient (Wildman–Crippen LogP) is 3.99. The Morgan fingerprint density at radius 2 is 1.73 bits per heavy atom. The second-order valence-electron chi connectivity index (χ2n) is 10.1. The number of nitrogens with zero attached hydrogens (tertiary/aromatic N) is 4. The Kier molecular flexibility index (Phi) is 7.69. The van der Waals surface area contributed by atoms with Gasteiger partial charge in [-0.25, -0.2) is 26.2 Å². The first-order chi connectivity index (χ1) is 21.6. The Balaban J connectivity index is 1.27. The molecule has 6 aromatic rings. The lowest BCUT2D eigenvalue weighted by molar-refractivity contribution is -0.605. The number of pyridine rings is 3. The van der Waals surface area contributed by atoms with E-state index in [1.807, 2.05) is 0 Å². The summed E-state index contributed by atoms with van der Waals surface area (Å²) >= 11 is 0. The van der Waals surface area contributed by atoms with Crippen LogP contribution in [0.25, 0.3) is 22.2 Å². The second-order valence-corrected chi connectivity index (χ2v) is 11.9. The number of carbonyl (C=O) groups excluding carboxylic acids is 1. The number of benzene rings is 2. The van der Waals surface area contributed by atoms with E-state index in [-0.39, 0.29) is 29.2 Å². The minimum Gasteiger partial charge on any atom is -0.619 e. The van der Waals surface area contributed by atoms with E-state index in [0.717, 1.165) is 16.1 Å². The second kappa shape index (κ2) is 11.8. The van der Waals surface area contributed by atoms with Crippen molar-refractivity contribution >= 4 is 27.0 Å². The molecule has 0 bridgehead atoms. The number of rotatable bonds is 8. The number of carbonyl (C=O) groups is 1. The van der Waals surface area contributed by atoms with Gasteiger partial charge < -0.3 is 15.1 Å². The van der Waals surface area contributed by atoms with Gasteiger partial charge in [0, 0.05) is 47.2 Å². The molecule has 1 N–H and O–H groups in total. The maximum Gasteiger partial charge on any atom is 0.269 e. The fourth-order valence-electron chi connectivity index (χ4n) is 4.95. The molecule has 0 unspecified atom stereocenters. The van der Waals surface area contributed by atoms with Crippen molar-refractivity contribution in [3.63, 3.8) is 0 Å². The molecule has 13 heteroatoms. The smallest absolute Gasteiger partial charge is 0.269 e. The molecule has 0 radical (unpaired) electrons. The number of nitrogens with one attached hydrogen (secondary N) is 1. The van der Waals surface area contributed by atoms with Gasteiger partial charge in [0.2, 0.25) is 0 Å². The van der Waals surface area contributed by atoms with Crippen LogP contribution < -0.4 is 15.6 Å². The first kappa shape index (κ1) is 29.4. The lowest BCUT2D eigenvalue weighted by atomic mass is 10.1. The average molecular weight is 628 g/mol. The van der Waals surface area contributed by atoms with E-state index in [1.54, 1.807) is 36.4 Å². The summed E-state index contributed by atoms with van der Waals surface area (Å²) in [7, 11) is -4.01. The summed E-state index contributed by atoms with van der Waals surface area (Å²) in [5.74, 6) is -2.77. The van der Waals surface area contributed by atoms with Crippen LogP contribution in [0.1, 0.15) is 21.5 Å². The zero-order valence-electron chi connectivity index (χ0n) is 23.3. The number of hydrogen-bond acceptors (Lipinski definition) is 6. The highest BCUT2D eigenvalue weighted by atomic mass is 32.2. The summed E-state index contributed by atoms with van der Waals surface area (Å²) in [5.41, 5.74) is 0.863. The van der Waals surface area contributed by atoms with E-state index < -0.39 is 33.1 Å². The number of halogens is 2. The fourth-order valence-corrected chi connectivity index (χ4v) is 6.30. The first-order valence-electron chi connectivity index (χ1n) is 13.5. The van der Waals surface area contributed by atoms with Gasteiger partial charge >= 0.3 is 0 Å². The van der Waals surface area contributed by atoms with Crippen molar-refractivity contribution in [2.75, 3.05) is 0 Å². The molecule has 0 aliphatic rings. The molecule has 45 heavy (non-hydrogen) atoms. The molecule has 2 aromatic carbocycles. The lowest BCUT2D eigenvalue weighted by Gasteiger charge is -2.10. The highest BCUT2D eigenvalue weighted by Gasteiger charge is 2.23. The largest absolute Gasteiger partial charge is 0.619 e. The van der Waals surface area contributed by atoms with Crippen molar-refractivity contribution in [1.82, 2.24) is 18.8 Å². The average Bonchev–Trinajstić information content (AvgIpc) is 3.44. The molecule has 0 spiro atoms. The van der Waals surface area contributed by atoms with Crippen molar-refractivity contribution in [3.05, 3.63) is 154 Å². The summed E-state index contributed by atoms with van der Waals surface area (Å²) in [4.78, 5) is 30.4. The molecule has 0 aliphatic carbocycles. The highest BCUT2D eigenvalue weighted by molar-refractivity contribution is 7.90. The summed E-state index contributed by atoms with van der Waals surface area (Å²) in [5, 5.41) is 15.8. The van der Waals surface area contributed by atoms with Crippen LogP contribution in [0.15, 0.2) is 120 Å². The molecule has 1 amide bonds. The molecular weight excluding hydrogens is 604 g/mol. The van der Waals surface area contributed by atoms with Gasteiger partial charge in [-0.1, -0.05) is 24.3 Å². The van der Waals surface area contributed by atoms with Gasteiger partial charge in [-0.3, -0.25) is 9.59 Å². The first-order valence-corrected chi connectivity index (χ1v) is 15.0. The summed E-state index contributed by atoms with van der Waals surface area (Å²) in [6.45, 7) is -0.219. The van der Waals surface area contributed by atoms with Crippen LogP contribution in [0.3, 0.4) is 0 Å². The minimum atomic E-state index is -4.01. The van der Waals surface area contributed by atoms with E-state index in [1.165, 1.54) is 65.9 Å². The minimum absolute atomic E-state index is 0.0688. The van der Waals surface area contributed by atoms with Crippen LogP contribution in [-0.2, 0) is 23.1 Å². The number of aromatic nitrogens is 4. The van der Waals surface area contributed by atoms with Gasteiger partial charge in [-0.15, -0.1) is 0 Å². The SMILES string of the molecule is O=C(NCc1cc(-c2cn(S(=O)(=O)c3ccccc3)c3ncccc23)c[n+]([O-])c1)c1cccn(Cc2ccc(F)c(F)c2)c1=O. The number of hydrogen-bond donors (Lipinski definition) is 1. The molecule has 226 valence electrons. The molecule has 0 saturated heterocycles. The van der Waals surface area contributed by atoms with Crippen molar-refractivity contribution < 1.29 is 26.7 Å². The van der Waals surface area contributed by atoms with Crippen molar-refractivity contribution in [2.45, 2.75) is 18.0 Å². The molecule has 0 saturated carbocycles. The van der Waals surface area contributed by atoms with Gasteiger partial charge in [0.25, 0.3) is 21.5 Å². The fraction of sp³-hybridized carbons (Fsp3) is 0.0625. The molecule has 0 atom stereocenters. The van der Waals surface area contributed by atoms with Gasteiger partial charge in [0.15, 0.2) is 29.7 Å². The van der Waals surface area contributed by atoms with E-state index in [2.05, 4.69) is 10.3 Å². The predicted molar refractivity (Wildman–Crippen MR) is 160 cm³/mol. The van der Waals surface area contributed by atoms with E-state index in [4.69, 9.17) is 0 Å². The monoisotopic (exact) mass is 627 g/mol. The van der Waals surface area contributed by atoms with E-state index in [0.29, 0.717) is 32.4 Å². The standard InChI is InChI=1S/C32H23F2N5O5S/c33-28-11-10-21(15-29(28)34)17-37-13-5-9-26(32(37)41)31(40)36-16-22-14-23(19-38(42)18-22)27-20-39(30-25(27)8-4-12-35-30)45(43,44)24-6-2-1-3-7-24/h1-15,18-20H,16-17H2,(H,36,40). The third kappa shape index (κ3) is 5.80. The Hall–Kier alpha value is -5.69. The van der Waals surface area contributed by atoms with Crippen molar-refractivity contribution in [1.29, 1.82) is 0 Å². The zero-order valence-corrected chi connectivity index (χ0v) is 24.1. The summed E-state index contributed by atoms with van der Waals surface area (Å²) < 4.78 is 56.7. The summed E-state index contributed by atoms with van der Waals surface area (Å²) in [6, 6.07) is 18.9. The van der Waals surface area contributed by atoms with Gasteiger partial charge in [0.05, 0.1) is 11.4 Å². The Labute approximate surface area is 255 Å². The van der Waals surface area contributed by atoms with Crippen molar-refractivity contribution in [3.8, 4) is 11.1 Å². The normalized spacial score (nSPS) is 11.5. The van der Waals surface area contributed by atoms with Gasteiger partial charge in [-0.05, 0) is 60.2 Å². The van der Waals surface area contributed by atoms with Crippen LogP contribution in [0.4, 0.5) is 8.78 Å². The zero-order chi connectivity index (χ0) is 31.7. The Morgan fingerprint density at radius 3 is 2.51 bits per heavy atom. The highest BCUT2D eigenvalue weighted by Crippen LogP contribution is 2.32. The molecule has 4 heterocycles. The molecule has 0 fully saturated rings. The number of amides is 1. The molecule has 0 aliphatic heterocycles. The van der Waals surface area contributed by atoms with Crippen LogP contribution in [0.2, 0.25) is 0 Å². The van der Waals surface area contributed by atoms with Crippen LogP contribution >= 0.6 is 0 Å². The van der Waals surface area contributed by atoms with E-state index >= 15 is 0 Å². The van der Waals surface area contributed by atoms with Crippen LogP contribution in [0.5, 0.6) is 0 Å². The molecule has 6 rings (SSSR count). The Bertz CT molecular complexity index is 2250. The van der Waals surface area contributed by atoms with E-state index in [9.17, 15) is 32.0 Å². The summed E-state index contributed by atoms with van der Waals surface area (Å²) in [6.07, 6.45) is 6.82. The number of fused-ring (bicyclic) bond motifs is 1. The quantitative estimate of drug-likeness (QED) is 0.201. The maximum absolute atomic E-state index is 13.6. The third-order valence-electron chi connectivity index (χ3n) is 7.10. The topological polar surface area (TPSA) is 130 Å². The van der Waals surface area contributed by atoms with Crippen molar-refractivity contribution in [2.24, 2.45) is 0 Å². The lowest BCUT2D eigenvalue weighted by Crippen LogP contribution is -2.33. The van der Waals surface area contributed by atoms with Crippen LogP contribution in [0, 0.1) is 16.8 Å². The van der Waals surface area contributed by atoms with Gasteiger partial charge in [0.1, 0.15) is 5.56 Å². The molecule has 10 nitrogen and oxygen atoms in total. The molecular formula is C32H23F2N5O5S.